The van der Waals surface area contributed by atoms with Gasteiger partial charge in [0.25, 0.3) is 0 Å². The zero-order valence-electron chi connectivity index (χ0n) is 12.3. The first kappa shape index (κ1) is 15.7. The van der Waals surface area contributed by atoms with Gasteiger partial charge in [-0.05, 0) is 27.2 Å². The molecule has 1 atom stereocenters. The molecule has 1 heterocycles. The summed E-state index contributed by atoms with van der Waals surface area (Å²) in [5.74, 6) is -0.148. The maximum Gasteiger partial charge on any atom is 0.248 e. The summed E-state index contributed by atoms with van der Waals surface area (Å²) in [5, 5.41) is 2.76. The van der Waals surface area contributed by atoms with Gasteiger partial charge in [0.05, 0.1) is 13.2 Å². The van der Waals surface area contributed by atoms with E-state index in [9.17, 15) is 9.59 Å². The van der Waals surface area contributed by atoms with Gasteiger partial charge in [0.15, 0.2) is 0 Å². The molecule has 0 aliphatic carbocycles. The molecule has 0 aromatic rings. The van der Waals surface area contributed by atoms with Crippen LogP contribution in [0.15, 0.2) is 12.2 Å². The molecule has 2 amide bonds. The van der Waals surface area contributed by atoms with E-state index in [-0.39, 0.29) is 11.8 Å². The van der Waals surface area contributed by atoms with E-state index >= 15 is 0 Å². The molecule has 0 saturated carbocycles. The fourth-order valence-corrected chi connectivity index (χ4v) is 2.16. The van der Waals surface area contributed by atoms with Gasteiger partial charge >= 0.3 is 0 Å². The maximum absolute atomic E-state index is 12.3. The van der Waals surface area contributed by atoms with Gasteiger partial charge < -0.3 is 15.0 Å². The zero-order chi connectivity index (χ0) is 14.6. The largest absolute Gasteiger partial charge is 0.375 e. The molecule has 0 bridgehead atoms. The smallest absolute Gasteiger partial charge is 0.248 e. The summed E-state index contributed by atoms with van der Waals surface area (Å²) < 4.78 is 5.42. The Morgan fingerprint density at radius 2 is 2.11 bits per heavy atom. The Hall–Kier alpha value is -1.36. The standard InChI is InChI=1S/C14H24N2O3/c1-6-11-12(17)15-14(4,5)13(18)16(11)7-8-19-9-10(2)3/h11H,2,6-9H2,1,3-5H3,(H,15,17). The van der Waals surface area contributed by atoms with Crippen LogP contribution >= 0.6 is 0 Å². The number of rotatable bonds is 6. The Balaban J connectivity index is 2.66. The van der Waals surface area contributed by atoms with E-state index in [0.29, 0.717) is 26.2 Å². The SMILES string of the molecule is C=C(C)COCCN1C(=O)C(C)(C)NC(=O)C1CC. The lowest BCUT2D eigenvalue weighted by atomic mass is 9.96. The van der Waals surface area contributed by atoms with Crippen LogP contribution in [0.5, 0.6) is 0 Å². The molecule has 108 valence electrons. The van der Waals surface area contributed by atoms with Crippen LogP contribution in [0.1, 0.15) is 34.1 Å². The Bertz CT molecular complexity index is 377. The third-order valence-corrected chi connectivity index (χ3v) is 3.12. The second-order valence-electron chi connectivity index (χ2n) is 5.55. The Morgan fingerprint density at radius 1 is 1.47 bits per heavy atom. The number of piperazine rings is 1. The highest BCUT2D eigenvalue weighted by molar-refractivity contribution is 5.99. The third kappa shape index (κ3) is 3.80. The van der Waals surface area contributed by atoms with E-state index in [1.165, 1.54) is 0 Å². The van der Waals surface area contributed by atoms with Crippen LogP contribution in [0.3, 0.4) is 0 Å². The van der Waals surface area contributed by atoms with Crippen LogP contribution in [0.2, 0.25) is 0 Å². The van der Waals surface area contributed by atoms with Crippen molar-refractivity contribution in [1.29, 1.82) is 0 Å². The molecule has 1 rings (SSSR count). The van der Waals surface area contributed by atoms with Crippen molar-refractivity contribution in [3.63, 3.8) is 0 Å². The number of carbonyl (C=O) groups is 2. The number of nitrogens with one attached hydrogen (secondary N) is 1. The third-order valence-electron chi connectivity index (χ3n) is 3.12. The fourth-order valence-electron chi connectivity index (χ4n) is 2.16. The lowest BCUT2D eigenvalue weighted by Gasteiger charge is -2.42. The fraction of sp³-hybridized carbons (Fsp3) is 0.714. The van der Waals surface area contributed by atoms with E-state index < -0.39 is 11.6 Å². The van der Waals surface area contributed by atoms with E-state index in [1.807, 2.05) is 13.8 Å². The van der Waals surface area contributed by atoms with Crippen molar-refractivity contribution in [2.24, 2.45) is 0 Å². The second kappa shape index (κ2) is 6.19. The lowest BCUT2D eigenvalue weighted by molar-refractivity contribution is -0.154. The number of amides is 2. The molecule has 1 saturated heterocycles. The molecule has 0 aromatic carbocycles. The maximum atomic E-state index is 12.3. The second-order valence-corrected chi connectivity index (χ2v) is 5.55. The Labute approximate surface area is 115 Å². The molecule has 1 fully saturated rings. The highest BCUT2D eigenvalue weighted by Crippen LogP contribution is 2.19. The van der Waals surface area contributed by atoms with Crippen molar-refractivity contribution in [3.05, 3.63) is 12.2 Å². The number of carbonyl (C=O) groups excluding carboxylic acids is 2. The van der Waals surface area contributed by atoms with E-state index in [0.717, 1.165) is 5.57 Å². The molecule has 0 radical (unpaired) electrons. The summed E-state index contributed by atoms with van der Waals surface area (Å²) in [5.41, 5.74) is 0.104. The molecular weight excluding hydrogens is 244 g/mol. The normalized spacial score (nSPS) is 22.3. The first-order valence-corrected chi connectivity index (χ1v) is 6.64. The van der Waals surface area contributed by atoms with Crippen molar-refractivity contribution >= 4 is 11.8 Å². The summed E-state index contributed by atoms with van der Waals surface area (Å²) in [4.78, 5) is 25.9. The van der Waals surface area contributed by atoms with Crippen LogP contribution in [0, 0.1) is 0 Å². The van der Waals surface area contributed by atoms with E-state index in [2.05, 4.69) is 11.9 Å². The van der Waals surface area contributed by atoms with Crippen LogP contribution in [-0.2, 0) is 14.3 Å². The Kier molecular flexibility index (Phi) is 5.11. The number of hydrogen-bond donors (Lipinski definition) is 1. The molecule has 5 heteroatoms. The average molecular weight is 268 g/mol. The van der Waals surface area contributed by atoms with Crippen LogP contribution < -0.4 is 5.32 Å². The summed E-state index contributed by atoms with van der Waals surface area (Å²) in [6, 6.07) is -0.394. The van der Waals surface area contributed by atoms with E-state index in [4.69, 9.17) is 4.74 Å². The zero-order valence-corrected chi connectivity index (χ0v) is 12.3. The highest BCUT2D eigenvalue weighted by Gasteiger charge is 2.44. The van der Waals surface area contributed by atoms with Gasteiger partial charge in [0.2, 0.25) is 11.8 Å². The minimum absolute atomic E-state index is 0.0575. The minimum Gasteiger partial charge on any atom is -0.375 e. The topological polar surface area (TPSA) is 58.6 Å². The summed E-state index contributed by atoms with van der Waals surface area (Å²) in [7, 11) is 0. The van der Waals surface area contributed by atoms with Crippen molar-refractivity contribution in [2.75, 3.05) is 19.8 Å². The molecular formula is C14H24N2O3. The summed E-state index contributed by atoms with van der Waals surface area (Å²) in [6.07, 6.45) is 0.605. The van der Waals surface area contributed by atoms with Crippen LogP contribution in [0.4, 0.5) is 0 Å². The van der Waals surface area contributed by atoms with Gasteiger partial charge in [-0.15, -0.1) is 0 Å². The molecule has 1 N–H and O–H groups in total. The average Bonchev–Trinajstić information content (AvgIpc) is 2.29. The Morgan fingerprint density at radius 3 is 2.63 bits per heavy atom. The van der Waals surface area contributed by atoms with Crippen LogP contribution in [0.25, 0.3) is 0 Å². The minimum atomic E-state index is -0.836. The molecule has 19 heavy (non-hydrogen) atoms. The number of hydrogen-bond acceptors (Lipinski definition) is 3. The first-order chi connectivity index (χ1) is 8.79. The summed E-state index contributed by atoms with van der Waals surface area (Å²) >= 11 is 0. The van der Waals surface area contributed by atoms with Gasteiger partial charge in [-0.3, -0.25) is 9.59 Å². The van der Waals surface area contributed by atoms with Crippen molar-refractivity contribution in [2.45, 2.75) is 45.7 Å². The quantitative estimate of drug-likeness (QED) is 0.579. The van der Waals surface area contributed by atoms with Gasteiger partial charge in [0.1, 0.15) is 11.6 Å². The van der Waals surface area contributed by atoms with Crippen molar-refractivity contribution in [3.8, 4) is 0 Å². The molecule has 1 aliphatic heterocycles. The first-order valence-electron chi connectivity index (χ1n) is 6.64. The van der Waals surface area contributed by atoms with Crippen LogP contribution in [-0.4, -0.2) is 48.1 Å². The molecule has 1 unspecified atom stereocenters. The van der Waals surface area contributed by atoms with Crippen molar-refractivity contribution < 1.29 is 14.3 Å². The molecule has 5 nitrogen and oxygen atoms in total. The monoisotopic (exact) mass is 268 g/mol. The number of nitrogens with zero attached hydrogens (tertiary/aromatic N) is 1. The molecule has 0 spiro atoms. The molecule has 1 aliphatic rings. The van der Waals surface area contributed by atoms with Gasteiger partial charge in [-0.2, -0.15) is 0 Å². The predicted octanol–water partition coefficient (Wildman–Crippen LogP) is 1.09. The van der Waals surface area contributed by atoms with E-state index in [1.54, 1.807) is 18.7 Å². The predicted molar refractivity (Wildman–Crippen MR) is 73.6 cm³/mol. The van der Waals surface area contributed by atoms with Gasteiger partial charge in [0, 0.05) is 6.54 Å². The lowest BCUT2D eigenvalue weighted by Crippen LogP contribution is -2.68. The number of ether oxygens (including phenoxy) is 1. The van der Waals surface area contributed by atoms with Crippen molar-refractivity contribution in [1.82, 2.24) is 10.2 Å². The summed E-state index contributed by atoms with van der Waals surface area (Å²) in [6.45, 7) is 12.3. The van der Waals surface area contributed by atoms with Gasteiger partial charge in [-0.25, -0.2) is 0 Å². The highest BCUT2D eigenvalue weighted by atomic mass is 16.5. The van der Waals surface area contributed by atoms with Gasteiger partial charge in [-0.1, -0.05) is 19.1 Å². The molecule has 0 aromatic heterocycles.